The SMILES string of the molecule is CC.CCCc1ccc(-c2cc3nc(NC)sc3c3ocnc23)cn1.O=CC1CC1. The lowest BCUT2D eigenvalue weighted by Gasteiger charge is -2.04. The van der Waals surface area contributed by atoms with Crippen molar-refractivity contribution in [1.82, 2.24) is 15.0 Å². The van der Waals surface area contributed by atoms with Gasteiger partial charge in [0.15, 0.2) is 17.1 Å². The number of oxazole rings is 1. The topological polar surface area (TPSA) is 80.9 Å². The van der Waals surface area contributed by atoms with Crippen molar-refractivity contribution in [3.05, 3.63) is 36.5 Å². The van der Waals surface area contributed by atoms with Gasteiger partial charge >= 0.3 is 0 Å². The van der Waals surface area contributed by atoms with Crippen LogP contribution in [0.25, 0.3) is 32.4 Å². The van der Waals surface area contributed by atoms with Crippen LogP contribution in [0.2, 0.25) is 0 Å². The molecule has 3 aromatic heterocycles. The minimum absolute atomic E-state index is 0.454. The first-order valence-electron chi connectivity index (χ1n) is 10.5. The fourth-order valence-corrected chi connectivity index (χ4v) is 3.83. The predicted octanol–water partition coefficient (Wildman–Crippen LogP) is 6.12. The van der Waals surface area contributed by atoms with Crippen molar-refractivity contribution in [3.8, 4) is 11.1 Å². The number of nitrogens with zero attached hydrogens (tertiary/aromatic N) is 3. The van der Waals surface area contributed by atoms with Crippen LogP contribution in [0, 0.1) is 5.92 Å². The second-order valence-electron chi connectivity index (χ2n) is 6.83. The number of carbonyl (C=O) groups excluding carboxylic acids is 1. The molecule has 1 aliphatic rings. The van der Waals surface area contributed by atoms with E-state index >= 15 is 0 Å². The van der Waals surface area contributed by atoms with Crippen LogP contribution in [0.15, 0.2) is 35.2 Å². The van der Waals surface area contributed by atoms with E-state index in [-0.39, 0.29) is 0 Å². The zero-order valence-corrected chi connectivity index (χ0v) is 18.8. The Hall–Kier alpha value is -2.80. The number of pyridine rings is 1. The highest BCUT2D eigenvalue weighted by atomic mass is 32.1. The van der Waals surface area contributed by atoms with E-state index in [1.165, 1.54) is 6.39 Å². The molecule has 1 fully saturated rings. The number of aryl methyl sites for hydroxylation is 1. The molecule has 0 saturated heterocycles. The van der Waals surface area contributed by atoms with Crippen molar-refractivity contribution in [2.45, 2.75) is 46.5 Å². The molecule has 0 unspecified atom stereocenters. The molecule has 1 aliphatic carbocycles. The van der Waals surface area contributed by atoms with Gasteiger partial charge in [-0.25, -0.2) is 9.97 Å². The van der Waals surface area contributed by atoms with Crippen molar-refractivity contribution in [2.75, 3.05) is 12.4 Å². The van der Waals surface area contributed by atoms with Gasteiger partial charge in [0.2, 0.25) is 0 Å². The van der Waals surface area contributed by atoms with Gasteiger partial charge in [-0.15, -0.1) is 0 Å². The van der Waals surface area contributed by atoms with Crippen LogP contribution in [0.4, 0.5) is 5.13 Å². The summed E-state index contributed by atoms with van der Waals surface area (Å²) in [6.07, 6.45) is 8.80. The van der Waals surface area contributed by atoms with Gasteiger partial charge in [-0.1, -0.05) is 44.6 Å². The Morgan fingerprint density at radius 1 is 1.27 bits per heavy atom. The summed E-state index contributed by atoms with van der Waals surface area (Å²) in [5.41, 5.74) is 5.70. The number of thiazole rings is 1. The van der Waals surface area contributed by atoms with Gasteiger partial charge in [0.05, 0.1) is 5.52 Å². The zero-order valence-electron chi connectivity index (χ0n) is 17.9. The van der Waals surface area contributed by atoms with Gasteiger partial charge in [-0.05, 0) is 31.4 Å². The third-order valence-electron chi connectivity index (χ3n) is 4.63. The van der Waals surface area contributed by atoms with E-state index in [0.717, 1.165) is 75.2 Å². The van der Waals surface area contributed by atoms with Crippen LogP contribution < -0.4 is 5.32 Å². The number of rotatable bonds is 5. The monoisotopic (exact) mass is 424 g/mol. The molecule has 158 valence electrons. The first kappa shape index (κ1) is 21.9. The highest BCUT2D eigenvalue weighted by molar-refractivity contribution is 7.23. The van der Waals surface area contributed by atoms with Crippen molar-refractivity contribution >= 4 is 44.1 Å². The molecule has 1 aromatic carbocycles. The van der Waals surface area contributed by atoms with Crippen LogP contribution in [-0.4, -0.2) is 28.3 Å². The Bertz CT molecular complexity index is 1100. The Morgan fingerprint density at radius 2 is 2.07 bits per heavy atom. The van der Waals surface area contributed by atoms with Crippen LogP contribution in [0.3, 0.4) is 0 Å². The average Bonchev–Trinajstić information content (AvgIpc) is 3.34. The van der Waals surface area contributed by atoms with E-state index in [0.29, 0.717) is 5.92 Å². The molecule has 7 heteroatoms. The second kappa shape index (κ2) is 10.3. The maximum Gasteiger partial charge on any atom is 0.183 e. The minimum atomic E-state index is 0.454. The van der Waals surface area contributed by atoms with E-state index in [4.69, 9.17) is 4.42 Å². The fraction of sp³-hybridized carbons (Fsp3) is 0.391. The van der Waals surface area contributed by atoms with Gasteiger partial charge in [0.25, 0.3) is 0 Å². The summed E-state index contributed by atoms with van der Waals surface area (Å²) >= 11 is 1.57. The number of carbonyl (C=O) groups is 1. The Kier molecular flexibility index (Phi) is 7.52. The zero-order chi connectivity index (χ0) is 21.5. The summed E-state index contributed by atoms with van der Waals surface area (Å²) in [6.45, 7) is 6.16. The number of nitrogens with one attached hydrogen (secondary N) is 1. The highest BCUT2D eigenvalue weighted by Gasteiger charge is 2.19. The maximum absolute atomic E-state index is 9.57. The Labute approximate surface area is 180 Å². The molecule has 0 radical (unpaired) electrons. The molecule has 0 amide bonds. The second-order valence-corrected chi connectivity index (χ2v) is 7.83. The molecule has 4 aromatic rings. The summed E-state index contributed by atoms with van der Waals surface area (Å²) in [5, 5.41) is 3.95. The average molecular weight is 425 g/mol. The van der Waals surface area contributed by atoms with Gasteiger partial charge in [-0.3, -0.25) is 4.98 Å². The summed E-state index contributed by atoms with van der Waals surface area (Å²) in [6, 6.07) is 6.24. The number of aldehydes is 1. The normalized spacial score (nSPS) is 12.7. The molecule has 0 atom stereocenters. The minimum Gasteiger partial charge on any atom is -0.442 e. The van der Waals surface area contributed by atoms with Crippen LogP contribution in [0.5, 0.6) is 0 Å². The molecule has 0 bridgehead atoms. The molecule has 3 heterocycles. The van der Waals surface area contributed by atoms with Gasteiger partial charge in [0.1, 0.15) is 16.5 Å². The van der Waals surface area contributed by atoms with Crippen LogP contribution in [0.1, 0.15) is 45.7 Å². The largest absolute Gasteiger partial charge is 0.442 e. The molecule has 30 heavy (non-hydrogen) atoms. The number of hydrogen-bond donors (Lipinski definition) is 1. The van der Waals surface area contributed by atoms with Gasteiger partial charge in [-0.2, -0.15) is 0 Å². The van der Waals surface area contributed by atoms with E-state index in [2.05, 4.69) is 45.4 Å². The highest BCUT2D eigenvalue weighted by Crippen LogP contribution is 2.37. The third-order valence-corrected chi connectivity index (χ3v) is 5.72. The lowest BCUT2D eigenvalue weighted by Crippen LogP contribution is -1.90. The molecule has 1 saturated carbocycles. The maximum atomic E-state index is 9.57. The number of anilines is 1. The Morgan fingerprint density at radius 3 is 2.63 bits per heavy atom. The molecule has 0 spiro atoms. The summed E-state index contributed by atoms with van der Waals surface area (Å²) in [4.78, 5) is 23.1. The van der Waals surface area contributed by atoms with Crippen LogP contribution in [-0.2, 0) is 11.2 Å². The smallest absolute Gasteiger partial charge is 0.183 e. The fourth-order valence-electron chi connectivity index (χ4n) is 2.94. The summed E-state index contributed by atoms with van der Waals surface area (Å²) < 4.78 is 6.64. The summed E-state index contributed by atoms with van der Waals surface area (Å²) in [7, 11) is 1.87. The van der Waals surface area contributed by atoms with Crippen molar-refractivity contribution in [1.29, 1.82) is 0 Å². The van der Waals surface area contributed by atoms with Gasteiger partial charge in [0, 0.05) is 36.0 Å². The lowest BCUT2D eigenvalue weighted by atomic mass is 10.0. The van der Waals surface area contributed by atoms with Crippen molar-refractivity contribution in [3.63, 3.8) is 0 Å². The number of aromatic nitrogens is 3. The molecule has 5 rings (SSSR count). The Balaban J connectivity index is 0.000000316. The number of benzene rings is 1. The molecule has 0 aliphatic heterocycles. The standard InChI is InChI=1S/C17H16N4OS.C4H6O.C2H6/c1-3-4-11-6-5-10(8-19-11)12-7-13-16(23-17(18-2)21-13)15-14(12)20-9-22-15;5-3-4-1-2-4;1-2/h5-9H,3-4H2,1-2H3,(H,18,21);3-4H,1-2H2;1-2H3. The molecular formula is C23H28N4O2S. The molecular weight excluding hydrogens is 396 g/mol. The first-order valence-corrected chi connectivity index (χ1v) is 11.3. The van der Waals surface area contributed by atoms with E-state index in [1.54, 1.807) is 11.3 Å². The van der Waals surface area contributed by atoms with Crippen LogP contribution >= 0.6 is 11.3 Å². The summed E-state index contributed by atoms with van der Waals surface area (Å²) in [5.74, 6) is 0.454. The third kappa shape index (κ3) is 4.84. The number of fused-ring (bicyclic) bond motifs is 3. The predicted molar refractivity (Wildman–Crippen MR) is 124 cm³/mol. The number of hydrogen-bond acceptors (Lipinski definition) is 7. The lowest BCUT2D eigenvalue weighted by molar-refractivity contribution is -0.108. The van der Waals surface area contributed by atoms with Gasteiger partial charge < -0.3 is 14.5 Å². The quantitative estimate of drug-likeness (QED) is 0.389. The first-order chi connectivity index (χ1) is 14.7. The van der Waals surface area contributed by atoms with Crippen molar-refractivity contribution in [2.24, 2.45) is 5.92 Å². The van der Waals surface area contributed by atoms with E-state index in [9.17, 15) is 4.79 Å². The van der Waals surface area contributed by atoms with E-state index in [1.807, 2.05) is 27.1 Å². The van der Waals surface area contributed by atoms with Crippen molar-refractivity contribution < 1.29 is 9.21 Å². The molecule has 1 N–H and O–H groups in total. The molecule has 6 nitrogen and oxygen atoms in total. The van der Waals surface area contributed by atoms with E-state index < -0.39 is 0 Å².